The van der Waals surface area contributed by atoms with Gasteiger partial charge in [0.1, 0.15) is 17.6 Å². The fourth-order valence-corrected chi connectivity index (χ4v) is 3.73. The summed E-state index contributed by atoms with van der Waals surface area (Å²) in [4.78, 5) is 29.7. The van der Waals surface area contributed by atoms with E-state index >= 15 is 0 Å². The summed E-state index contributed by atoms with van der Waals surface area (Å²) >= 11 is 0. The van der Waals surface area contributed by atoms with Crippen molar-refractivity contribution < 1.29 is 9.21 Å². The SMILES string of the molecule is CC(NC(=O)Cn1cnc2c(oc3ccccc32)c1=O)c1ccc2ccccc2c1. The van der Waals surface area contributed by atoms with Crippen LogP contribution in [0.5, 0.6) is 0 Å². The first-order chi connectivity index (χ1) is 14.6. The standard InChI is InChI=1S/C24H19N3O3/c1-15(17-11-10-16-6-2-3-7-18(16)12-17)26-21(28)13-27-14-25-22-19-8-4-5-9-20(19)30-23(22)24(27)29/h2-12,14-15H,13H2,1H3,(H,26,28). The third kappa shape index (κ3) is 3.12. The molecule has 148 valence electrons. The van der Waals surface area contributed by atoms with Crippen LogP contribution in [0.1, 0.15) is 18.5 Å². The first kappa shape index (κ1) is 18.1. The molecular weight excluding hydrogens is 378 g/mol. The van der Waals surface area contributed by atoms with Crippen molar-refractivity contribution in [2.75, 3.05) is 0 Å². The van der Waals surface area contributed by atoms with Gasteiger partial charge in [0, 0.05) is 5.39 Å². The van der Waals surface area contributed by atoms with Gasteiger partial charge in [0.05, 0.1) is 12.4 Å². The van der Waals surface area contributed by atoms with E-state index in [-0.39, 0.29) is 29.6 Å². The Morgan fingerprint density at radius 2 is 1.83 bits per heavy atom. The monoisotopic (exact) mass is 397 g/mol. The van der Waals surface area contributed by atoms with Crippen LogP contribution in [-0.4, -0.2) is 15.5 Å². The number of hydrogen-bond donors (Lipinski definition) is 1. The van der Waals surface area contributed by atoms with E-state index in [0.717, 1.165) is 21.7 Å². The normalized spacial score (nSPS) is 12.4. The maximum atomic E-state index is 12.8. The number of para-hydroxylation sites is 1. The predicted octanol–water partition coefficient (Wildman–Crippen LogP) is 4.17. The molecule has 5 rings (SSSR count). The number of fused-ring (bicyclic) bond motifs is 4. The Morgan fingerprint density at radius 3 is 2.70 bits per heavy atom. The maximum Gasteiger partial charge on any atom is 0.297 e. The van der Waals surface area contributed by atoms with Gasteiger partial charge in [-0.1, -0.05) is 48.5 Å². The van der Waals surface area contributed by atoms with Crippen LogP contribution in [0.3, 0.4) is 0 Å². The van der Waals surface area contributed by atoms with E-state index < -0.39 is 0 Å². The van der Waals surface area contributed by atoms with Gasteiger partial charge in [-0.2, -0.15) is 0 Å². The largest absolute Gasteiger partial charge is 0.448 e. The Balaban J connectivity index is 1.38. The summed E-state index contributed by atoms with van der Waals surface area (Å²) in [6.45, 7) is 1.79. The van der Waals surface area contributed by atoms with Crippen LogP contribution in [0.2, 0.25) is 0 Å². The number of nitrogens with zero attached hydrogens (tertiary/aromatic N) is 2. The molecule has 2 heterocycles. The molecule has 1 unspecified atom stereocenters. The van der Waals surface area contributed by atoms with Crippen molar-refractivity contribution in [3.63, 3.8) is 0 Å². The minimum atomic E-state index is -0.371. The van der Waals surface area contributed by atoms with Crippen molar-refractivity contribution in [1.82, 2.24) is 14.9 Å². The van der Waals surface area contributed by atoms with Gasteiger partial charge in [0.15, 0.2) is 0 Å². The van der Waals surface area contributed by atoms with Crippen molar-refractivity contribution >= 4 is 38.7 Å². The molecule has 0 radical (unpaired) electrons. The number of carbonyl (C=O) groups excluding carboxylic acids is 1. The third-order valence-electron chi connectivity index (χ3n) is 5.32. The lowest BCUT2D eigenvalue weighted by Crippen LogP contribution is -2.33. The Kier molecular flexibility index (Phi) is 4.32. The van der Waals surface area contributed by atoms with Gasteiger partial charge in [0.25, 0.3) is 5.56 Å². The van der Waals surface area contributed by atoms with E-state index in [4.69, 9.17) is 4.42 Å². The summed E-state index contributed by atoms with van der Waals surface area (Å²) < 4.78 is 6.94. The third-order valence-corrected chi connectivity index (χ3v) is 5.32. The van der Waals surface area contributed by atoms with Crippen molar-refractivity contribution in [1.29, 1.82) is 0 Å². The van der Waals surface area contributed by atoms with Crippen LogP contribution in [-0.2, 0) is 11.3 Å². The minimum Gasteiger partial charge on any atom is -0.448 e. The summed E-state index contributed by atoms with van der Waals surface area (Å²) in [5, 5.41) is 6.00. The van der Waals surface area contributed by atoms with E-state index in [1.807, 2.05) is 55.5 Å². The van der Waals surface area contributed by atoms with Crippen LogP contribution < -0.4 is 10.9 Å². The molecule has 0 bridgehead atoms. The molecule has 0 aliphatic carbocycles. The van der Waals surface area contributed by atoms with E-state index in [2.05, 4.69) is 22.4 Å². The molecule has 30 heavy (non-hydrogen) atoms. The second kappa shape index (κ2) is 7.15. The maximum absolute atomic E-state index is 12.8. The Hall–Kier alpha value is -3.93. The molecule has 0 saturated heterocycles. The topological polar surface area (TPSA) is 77.1 Å². The average molecular weight is 397 g/mol. The summed E-state index contributed by atoms with van der Waals surface area (Å²) in [5.74, 6) is -0.269. The van der Waals surface area contributed by atoms with Gasteiger partial charge in [-0.05, 0) is 41.5 Å². The van der Waals surface area contributed by atoms with Crippen molar-refractivity contribution in [2.45, 2.75) is 19.5 Å². The van der Waals surface area contributed by atoms with Crippen LogP contribution >= 0.6 is 0 Å². The van der Waals surface area contributed by atoms with Gasteiger partial charge in [0.2, 0.25) is 11.5 Å². The first-order valence-electron chi connectivity index (χ1n) is 9.75. The lowest BCUT2D eigenvalue weighted by molar-refractivity contribution is -0.122. The highest BCUT2D eigenvalue weighted by molar-refractivity contribution is 6.01. The molecule has 0 saturated carbocycles. The zero-order chi connectivity index (χ0) is 20.7. The van der Waals surface area contributed by atoms with E-state index in [1.54, 1.807) is 6.07 Å². The number of hydrogen-bond acceptors (Lipinski definition) is 4. The molecule has 0 fully saturated rings. The Bertz CT molecular complexity index is 1470. The van der Waals surface area contributed by atoms with E-state index in [1.165, 1.54) is 10.9 Å². The van der Waals surface area contributed by atoms with Crippen LogP contribution in [0.25, 0.3) is 32.8 Å². The number of benzene rings is 3. The predicted molar refractivity (Wildman–Crippen MR) is 116 cm³/mol. The molecule has 1 atom stereocenters. The van der Waals surface area contributed by atoms with Gasteiger partial charge in [-0.15, -0.1) is 0 Å². The Labute approximate surface area is 171 Å². The zero-order valence-corrected chi connectivity index (χ0v) is 16.3. The molecular formula is C24H19N3O3. The minimum absolute atomic E-state index is 0.128. The molecule has 1 N–H and O–H groups in total. The van der Waals surface area contributed by atoms with Crippen molar-refractivity contribution in [3.05, 3.63) is 89.0 Å². The Morgan fingerprint density at radius 1 is 1.07 bits per heavy atom. The lowest BCUT2D eigenvalue weighted by Gasteiger charge is -2.15. The second-order valence-corrected chi connectivity index (χ2v) is 7.35. The summed E-state index contributed by atoms with van der Waals surface area (Å²) in [6, 6.07) is 21.3. The van der Waals surface area contributed by atoms with E-state index in [0.29, 0.717) is 11.1 Å². The highest BCUT2D eigenvalue weighted by atomic mass is 16.3. The van der Waals surface area contributed by atoms with Crippen LogP contribution in [0, 0.1) is 0 Å². The first-order valence-corrected chi connectivity index (χ1v) is 9.75. The van der Waals surface area contributed by atoms with Gasteiger partial charge in [-0.3, -0.25) is 14.2 Å². The van der Waals surface area contributed by atoms with Gasteiger partial charge >= 0.3 is 0 Å². The van der Waals surface area contributed by atoms with Gasteiger partial charge < -0.3 is 9.73 Å². The molecule has 1 amide bonds. The molecule has 6 heteroatoms. The summed E-state index contributed by atoms with van der Waals surface area (Å²) in [6.07, 6.45) is 1.40. The van der Waals surface area contributed by atoms with Crippen LogP contribution in [0.15, 0.2) is 82.3 Å². The fourth-order valence-electron chi connectivity index (χ4n) is 3.73. The molecule has 0 aliphatic rings. The highest BCUT2D eigenvalue weighted by Gasteiger charge is 2.16. The number of carbonyl (C=O) groups is 1. The summed E-state index contributed by atoms with van der Waals surface area (Å²) in [7, 11) is 0. The second-order valence-electron chi connectivity index (χ2n) is 7.35. The highest BCUT2D eigenvalue weighted by Crippen LogP contribution is 2.24. The number of nitrogens with one attached hydrogen (secondary N) is 1. The van der Waals surface area contributed by atoms with E-state index in [9.17, 15) is 9.59 Å². The van der Waals surface area contributed by atoms with Gasteiger partial charge in [-0.25, -0.2) is 4.98 Å². The molecule has 3 aromatic carbocycles. The molecule has 0 spiro atoms. The zero-order valence-electron chi connectivity index (χ0n) is 16.3. The molecule has 2 aromatic heterocycles. The number of furan rings is 1. The van der Waals surface area contributed by atoms with Crippen molar-refractivity contribution in [3.8, 4) is 0 Å². The smallest absolute Gasteiger partial charge is 0.297 e. The molecule has 5 aromatic rings. The lowest BCUT2D eigenvalue weighted by atomic mass is 10.0. The van der Waals surface area contributed by atoms with Crippen molar-refractivity contribution in [2.24, 2.45) is 0 Å². The average Bonchev–Trinajstić information content (AvgIpc) is 3.15. The fraction of sp³-hybridized carbons (Fsp3) is 0.125. The quantitative estimate of drug-likeness (QED) is 0.494. The number of aromatic nitrogens is 2. The van der Waals surface area contributed by atoms with Crippen LogP contribution in [0.4, 0.5) is 0 Å². The molecule has 6 nitrogen and oxygen atoms in total. The number of rotatable bonds is 4. The molecule has 0 aliphatic heterocycles. The number of amides is 1. The summed E-state index contributed by atoms with van der Waals surface area (Å²) in [5.41, 5.74) is 1.90.